The molecule has 0 amide bonds. The number of hydrogen-bond acceptors (Lipinski definition) is 1. The summed E-state index contributed by atoms with van der Waals surface area (Å²) in [5, 5.41) is 0. The third-order valence-corrected chi connectivity index (χ3v) is 3.71. The molecule has 0 heterocycles. The van der Waals surface area contributed by atoms with Gasteiger partial charge in [0.1, 0.15) is 5.78 Å². The lowest BCUT2D eigenvalue weighted by atomic mass is 9.84. The van der Waals surface area contributed by atoms with Crippen LogP contribution in [0.25, 0.3) is 0 Å². The minimum atomic E-state index is 0.306. The monoisotopic (exact) mass is 224 g/mol. The van der Waals surface area contributed by atoms with Crippen molar-refractivity contribution in [3.63, 3.8) is 0 Å². The molecule has 1 nitrogen and oxygen atoms in total. The molecule has 1 aliphatic carbocycles. The van der Waals surface area contributed by atoms with Crippen LogP contribution in [0.2, 0.25) is 0 Å². The van der Waals surface area contributed by atoms with Gasteiger partial charge in [0.2, 0.25) is 0 Å². The zero-order valence-electron chi connectivity index (χ0n) is 11.3. The molecule has 0 bridgehead atoms. The Morgan fingerprint density at radius 2 is 1.69 bits per heavy atom. The topological polar surface area (TPSA) is 17.1 Å². The van der Waals surface area contributed by atoms with Crippen molar-refractivity contribution >= 4 is 5.78 Å². The second-order valence-corrected chi connectivity index (χ2v) is 6.64. The van der Waals surface area contributed by atoms with Gasteiger partial charge < -0.3 is 0 Å². The summed E-state index contributed by atoms with van der Waals surface area (Å²) in [5.74, 6) is 1.34. The highest BCUT2D eigenvalue weighted by Gasteiger charge is 2.16. The van der Waals surface area contributed by atoms with Crippen LogP contribution in [0.15, 0.2) is 0 Å². The minimum absolute atomic E-state index is 0.306. The van der Waals surface area contributed by atoms with Crippen LogP contribution >= 0.6 is 0 Å². The van der Waals surface area contributed by atoms with Crippen molar-refractivity contribution in [1.29, 1.82) is 0 Å². The number of rotatable bonds is 5. The smallest absolute Gasteiger partial charge is 0.132 e. The highest BCUT2D eigenvalue weighted by molar-refractivity contribution is 5.78. The van der Waals surface area contributed by atoms with E-state index in [9.17, 15) is 4.79 Å². The van der Waals surface area contributed by atoms with E-state index in [1.807, 2.05) is 0 Å². The standard InChI is InChI=1S/C15H28O/c1-15(2,3)12-11-14(16)10-9-13-7-5-4-6-8-13/h13H,4-12H2,1-3H3. The number of hydrogen-bond donors (Lipinski definition) is 0. The second kappa shape index (κ2) is 6.42. The van der Waals surface area contributed by atoms with Crippen molar-refractivity contribution in [1.82, 2.24) is 0 Å². The maximum atomic E-state index is 11.7. The summed E-state index contributed by atoms with van der Waals surface area (Å²) in [7, 11) is 0. The summed E-state index contributed by atoms with van der Waals surface area (Å²) in [6, 6.07) is 0. The second-order valence-electron chi connectivity index (χ2n) is 6.64. The number of carbonyl (C=O) groups excluding carboxylic acids is 1. The molecule has 0 aromatic heterocycles. The van der Waals surface area contributed by atoms with Gasteiger partial charge in [-0.25, -0.2) is 0 Å². The van der Waals surface area contributed by atoms with Crippen LogP contribution in [0.3, 0.4) is 0 Å². The van der Waals surface area contributed by atoms with Crippen molar-refractivity contribution in [2.75, 3.05) is 0 Å². The molecular weight excluding hydrogens is 196 g/mol. The molecule has 0 saturated heterocycles. The summed E-state index contributed by atoms with van der Waals surface area (Å²) in [5.41, 5.74) is 0.306. The van der Waals surface area contributed by atoms with Gasteiger partial charge in [-0.1, -0.05) is 52.9 Å². The highest BCUT2D eigenvalue weighted by atomic mass is 16.1. The Bertz CT molecular complexity index is 206. The normalized spacial score (nSPS) is 18.7. The summed E-state index contributed by atoms with van der Waals surface area (Å²) in [6.07, 6.45) is 10.7. The van der Waals surface area contributed by atoms with Gasteiger partial charge in [-0.05, 0) is 24.2 Å². The summed E-state index contributed by atoms with van der Waals surface area (Å²) < 4.78 is 0. The lowest BCUT2D eigenvalue weighted by Crippen LogP contribution is -2.11. The first-order chi connectivity index (χ1) is 7.47. The minimum Gasteiger partial charge on any atom is -0.300 e. The van der Waals surface area contributed by atoms with E-state index in [1.54, 1.807) is 0 Å². The van der Waals surface area contributed by atoms with Gasteiger partial charge in [0.15, 0.2) is 0 Å². The zero-order valence-corrected chi connectivity index (χ0v) is 11.3. The lowest BCUT2D eigenvalue weighted by molar-refractivity contribution is -0.119. The number of Topliss-reactive ketones (excluding diaryl/α,β-unsaturated/α-hetero) is 1. The van der Waals surface area contributed by atoms with E-state index in [1.165, 1.54) is 32.1 Å². The maximum absolute atomic E-state index is 11.7. The Kier molecular flexibility index (Phi) is 5.51. The van der Waals surface area contributed by atoms with Gasteiger partial charge in [-0.3, -0.25) is 4.79 Å². The SMILES string of the molecule is CC(C)(C)CCC(=O)CCC1CCCCC1. The molecule has 16 heavy (non-hydrogen) atoms. The highest BCUT2D eigenvalue weighted by Crippen LogP contribution is 2.28. The molecular formula is C15H28O. The van der Waals surface area contributed by atoms with E-state index in [2.05, 4.69) is 20.8 Å². The molecule has 0 radical (unpaired) electrons. The Hall–Kier alpha value is -0.330. The number of ketones is 1. The molecule has 1 rings (SSSR count). The van der Waals surface area contributed by atoms with Crippen molar-refractivity contribution in [2.45, 2.75) is 78.6 Å². The first kappa shape index (κ1) is 13.7. The van der Waals surface area contributed by atoms with Crippen molar-refractivity contribution in [3.8, 4) is 0 Å². The van der Waals surface area contributed by atoms with Crippen molar-refractivity contribution in [3.05, 3.63) is 0 Å². The van der Waals surface area contributed by atoms with Gasteiger partial charge in [0.05, 0.1) is 0 Å². The molecule has 0 aromatic rings. The quantitative estimate of drug-likeness (QED) is 0.659. The van der Waals surface area contributed by atoms with Crippen LogP contribution < -0.4 is 0 Å². The molecule has 1 aliphatic rings. The summed E-state index contributed by atoms with van der Waals surface area (Å²) in [4.78, 5) is 11.7. The van der Waals surface area contributed by atoms with Crippen LogP contribution in [-0.4, -0.2) is 5.78 Å². The van der Waals surface area contributed by atoms with E-state index in [0.29, 0.717) is 11.2 Å². The molecule has 1 saturated carbocycles. The fourth-order valence-electron chi connectivity index (χ4n) is 2.48. The predicted octanol–water partition coefficient (Wildman–Crippen LogP) is 4.74. The molecule has 1 heteroatoms. The third-order valence-electron chi connectivity index (χ3n) is 3.71. The lowest BCUT2D eigenvalue weighted by Gasteiger charge is -2.21. The summed E-state index contributed by atoms with van der Waals surface area (Å²) in [6.45, 7) is 6.63. The molecule has 0 spiro atoms. The van der Waals surface area contributed by atoms with Crippen LogP contribution in [0.1, 0.15) is 78.6 Å². The van der Waals surface area contributed by atoms with Crippen molar-refractivity contribution < 1.29 is 4.79 Å². The first-order valence-corrected chi connectivity index (χ1v) is 6.99. The summed E-state index contributed by atoms with van der Waals surface area (Å²) >= 11 is 0. The van der Waals surface area contributed by atoms with Crippen LogP contribution in [-0.2, 0) is 4.79 Å². The molecule has 0 atom stereocenters. The van der Waals surface area contributed by atoms with E-state index in [0.717, 1.165) is 31.6 Å². The fourth-order valence-corrected chi connectivity index (χ4v) is 2.48. The average molecular weight is 224 g/mol. The Labute approximate surface area is 101 Å². The molecule has 1 fully saturated rings. The Morgan fingerprint density at radius 1 is 1.06 bits per heavy atom. The van der Waals surface area contributed by atoms with E-state index < -0.39 is 0 Å². The van der Waals surface area contributed by atoms with Gasteiger partial charge in [0.25, 0.3) is 0 Å². The van der Waals surface area contributed by atoms with Crippen LogP contribution in [0.5, 0.6) is 0 Å². The molecule has 0 N–H and O–H groups in total. The zero-order chi connectivity index (χ0) is 12.0. The van der Waals surface area contributed by atoms with E-state index >= 15 is 0 Å². The maximum Gasteiger partial charge on any atom is 0.132 e. The van der Waals surface area contributed by atoms with Crippen LogP contribution in [0, 0.1) is 11.3 Å². The predicted molar refractivity (Wildman–Crippen MR) is 69.5 cm³/mol. The molecule has 0 aliphatic heterocycles. The van der Waals surface area contributed by atoms with Gasteiger partial charge in [-0.15, -0.1) is 0 Å². The molecule has 0 unspecified atom stereocenters. The third kappa shape index (κ3) is 6.30. The Morgan fingerprint density at radius 3 is 2.25 bits per heavy atom. The van der Waals surface area contributed by atoms with Gasteiger partial charge in [0, 0.05) is 12.8 Å². The first-order valence-electron chi connectivity index (χ1n) is 6.99. The molecule has 94 valence electrons. The van der Waals surface area contributed by atoms with Gasteiger partial charge >= 0.3 is 0 Å². The van der Waals surface area contributed by atoms with Crippen LogP contribution in [0.4, 0.5) is 0 Å². The molecule has 0 aromatic carbocycles. The van der Waals surface area contributed by atoms with E-state index in [4.69, 9.17) is 0 Å². The fraction of sp³-hybridized carbons (Fsp3) is 0.933. The van der Waals surface area contributed by atoms with Crippen molar-refractivity contribution in [2.24, 2.45) is 11.3 Å². The van der Waals surface area contributed by atoms with E-state index in [-0.39, 0.29) is 0 Å². The largest absolute Gasteiger partial charge is 0.300 e. The average Bonchev–Trinajstić information content (AvgIpc) is 2.24. The Balaban J connectivity index is 2.09. The van der Waals surface area contributed by atoms with Gasteiger partial charge in [-0.2, -0.15) is 0 Å². The number of carbonyl (C=O) groups is 1.